The number of hydrogen-bond acceptors (Lipinski definition) is 4. The van der Waals surface area contributed by atoms with Gasteiger partial charge in [0.1, 0.15) is 17.4 Å². The molecule has 4 nitrogen and oxygen atoms in total. The summed E-state index contributed by atoms with van der Waals surface area (Å²) in [5, 5.41) is 0. The van der Waals surface area contributed by atoms with E-state index in [2.05, 4.69) is 9.98 Å². The number of benzene rings is 1. The van der Waals surface area contributed by atoms with Crippen LogP contribution in [0.2, 0.25) is 0 Å². The number of methoxy groups -OCH3 is 1. The Morgan fingerprint density at radius 1 is 0.926 bits per heavy atom. The molecule has 0 radical (unpaired) electrons. The van der Waals surface area contributed by atoms with Crippen molar-refractivity contribution in [2.45, 2.75) is 24.9 Å². The van der Waals surface area contributed by atoms with E-state index in [0.717, 1.165) is 11.0 Å². The molecule has 0 N–H and O–H groups in total. The first kappa shape index (κ1) is 19.0. The van der Waals surface area contributed by atoms with Crippen molar-refractivity contribution in [1.29, 1.82) is 0 Å². The van der Waals surface area contributed by atoms with Crippen molar-refractivity contribution in [3.8, 4) is 5.75 Å². The van der Waals surface area contributed by atoms with E-state index >= 15 is 0 Å². The third-order valence-electron chi connectivity index (χ3n) is 3.99. The topological polar surface area (TPSA) is 37.2 Å². The average molecular weight is 389 g/mol. The molecule has 0 fully saturated rings. The van der Waals surface area contributed by atoms with Gasteiger partial charge in [0.05, 0.1) is 7.11 Å². The highest BCUT2D eigenvalue weighted by atomic mass is 19.4. The molecule has 144 valence electrons. The molecule has 0 aliphatic carbocycles. The second-order valence-electron chi connectivity index (χ2n) is 5.88. The molecular formula is C17H13F6N3O. The number of halogens is 6. The van der Waals surface area contributed by atoms with Crippen molar-refractivity contribution in [2.75, 3.05) is 7.11 Å². The molecule has 0 spiro atoms. The fraction of sp³-hybridized carbons (Fsp3) is 0.294. The summed E-state index contributed by atoms with van der Waals surface area (Å²) in [4.78, 5) is 7.16. The minimum atomic E-state index is -5.77. The molecule has 2 heterocycles. The van der Waals surface area contributed by atoms with Crippen LogP contribution in [0.15, 0.2) is 58.2 Å². The van der Waals surface area contributed by atoms with Crippen molar-refractivity contribution in [3.63, 3.8) is 0 Å². The molecule has 10 heteroatoms. The lowest BCUT2D eigenvalue weighted by atomic mass is 10.1. The van der Waals surface area contributed by atoms with Gasteiger partial charge in [0.15, 0.2) is 0 Å². The van der Waals surface area contributed by atoms with Crippen LogP contribution in [-0.4, -0.2) is 41.7 Å². The van der Waals surface area contributed by atoms with Crippen LogP contribution in [0.5, 0.6) is 5.75 Å². The van der Waals surface area contributed by atoms with Crippen LogP contribution < -0.4 is 4.74 Å². The van der Waals surface area contributed by atoms with Crippen LogP contribution in [-0.2, 0) is 0 Å². The number of allylic oxidation sites excluding steroid dienone is 2. The van der Waals surface area contributed by atoms with E-state index in [9.17, 15) is 26.3 Å². The van der Waals surface area contributed by atoms with Crippen molar-refractivity contribution in [2.24, 2.45) is 9.98 Å². The Kier molecular flexibility index (Phi) is 4.32. The summed E-state index contributed by atoms with van der Waals surface area (Å²) in [6.07, 6.45) is -7.69. The van der Waals surface area contributed by atoms with Crippen LogP contribution in [0.1, 0.15) is 12.5 Å². The van der Waals surface area contributed by atoms with Gasteiger partial charge in [-0.3, -0.25) is 4.90 Å². The van der Waals surface area contributed by atoms with Gasteiger partial charge in [0.25, 0.3) is 0 Å². The zero-order valence-electron chi connectivity index (χ0n) is 14.1. The lowest BCUT2D eigenvalue weighted by Gasteiger charge is -2.38. The first-order valence-corrected chi connectivity index (χ1v) is 7.62. The molecule has 0 saturated carbocycles. The molecular weight excluding hydrogens is 376 g/mol. The van der Waals surface area contributed by atoms with Crippen LogP contribution >= 0.6 is 0 Å². The fourth-order valence-electron chi connectivity index (χ4n) is 2.62. The SMILES string of the molecule is COc1ccc(C2=NC(C(F)(F)F)(C(F)(F)F)N=C3C=CC(C)=CN32)cc1. The van der Waals surface area contributed by atoms with Crippen molar-refractivity contribution < 1.29 is 31.1 Å². The van der Waals surface area contributed by atoms with Gasteiger partial charge in [0, 0.05) is 11.8 Å². The third-order valence-corrected chi connectivity index (χ3v) is 3.99. The minimum Gasteiger partial charge on any atom is -0.497 e. The van der Waals surface area contributed by atoms with Gasteiger partial charge in [-0.2, -0.15) is 26.3 Å². The maximum Gasteiger partial charge on any atom is 0.443 e. The summed E-state index contributed by atoms with van der Waals surface area (Å²) in [6, 6.07) is 5.50. The van der Waals surface area contributed by atoms with Crippen LogP contribution in [0, 0.1) is 0 Å². The Hall–Kier alpha value is -2.78. The predicted octanol–water partition coefficient (Wildman–Crippen LogP) is 4.45. The summed E-state index contributed by atoms with van der Waals surface area (Å²) < 4.78 is 86.1. The molecule has 2 aliphatic rings. The predicted molar refractivity (Wildman–Crippen MR) is 86.5 cm³/mol. The third kappa shape index (κ3) is 3.08. The second kappa shape index (κ2) is 6.14. The Balaban J connectivity index is 2.26. The summed E-state index contributed by atoms with van der Waals surface area (Å²) in [5.74, 6) is -0.621. The Labute approximate surface area is 150 Å². The van der Waals surface area contributed by atoms with Crippen molar-refractivity contribution >= 4 is 11.7 Å². The van der Waals surface area contributed by atoms with Gasteiger partial charge in [-0.25, -0.2) is 9.98 Å². The summed E-state index contributed by atoms with van der Waals surface area (Å²) in [6.45, 7) is 1.65. The van der Waals surface area contributed by atoms with Gasteiger partial charge in [0.2, 0.25) is 0 Å². The summed E-state index contributed by atoms with van der Waals surface area (Å²) in [5.41, 5.74) is -3.91. The lowest BCUT2D eigenvalue weighted by Crippen LogP contribution is -2.58. The molecule has 2 aliphatic heterocycles. The van der Waals surface area contributed by atoms with E-state index in [-0.39, 0.29) is 5.56 Å². The number of ether oxygens (including phenoxy) is 1. The Bertz CT molecular complexity index is 848. The Morgan fingerprint density at radius 3 is 2.04 bits per heavy atom. The molecule has 0 amide bonds. The maximum absolute atomic E-state index is 13.5. The minimum absolute atomic E-state index is 0.0559. The van der Waals surface area contributed by atoms with Gasteiger partial charge < -0.3 is 4.74 Å². The van der Waals surface area contributed by atoms with E-state index in [4.69, 9.17) is 4.74 Å². The normalized spacial score (nSPS) is 19.1. The van der Waals surface area contributed by atoms with Gasteiger partial charge >= 0.3 is 18.0 Å². The molecule has 0 bridgehead atoms. The fourth-order valence-corrected chi connectivity index (χ4v) is 2.62. The van der Waals surface area contributed by atoms with Crippen molar-refractivity contribution in [3.05, 3.63) is 53.8 Å². The number of fused-ring (bicyclic) bond motifs is 1. The van der Waals surface area contributed by atoms with Crippen molar-refractivity contribution in [1.82, 2.24) is 4.90 Å². The number of alkyl halides is 6. The second-order valence-corrected chi connectivity index (χ2v) is 5.88. The van der Waals surface area contributed by atoms with Crippen LogP contribution in [0.3, 0.4) is 0 Å². The van der Waals surface area contributed by atoms with Gasteiger partial charge in [-0.05, 0) is 42.8 Å². The van der Waals surface area contributed by atoms with Crippen LogP contribution in [0.4, 0.5) is 26.3 Å². The first-order valence-electron chi connectivity index (χ1n) is 7.62. The zero-order valence-corrected chi connectivity index (χ0v) is 14.1. The molecule has 1 aromatic carbocycles. The quantitative estimate of drug-likeness (QED) is 0.701. The molecule has 0 unspecified atom stereocenters. The highest BCUT2D eigenvalue weighted by Gasteiger charge is 2.73. The monoisotopic (exact) mass is 389 g/mol. The highest BCUT2D eigenvalue weighted by Crippen LogP contribution is 2.49. The molecule has 0 saturated heterocycles. The van der Waals surface area contributed by atoms with Crippen LogP contribution in [0.25, 0.3) is 0 Å². The maximum atomic E-state index is 13.5. The number of amidine groups is 2. The van der Waals surface area contributed by atoms with E-state index < -0.39 is 29.7 Å². The van der Waals surface area contributed by atoms with E-state index in [1.807, 2.05) is 0 Å². The zero-order chi connectivity index (χ0) is 20.0. The van der Waals surface area contributed by atoms with Gasteiger partial charge in [-0.15, -0.1) is 0 Å². The molecule has 0 aromatic heterocycles. The summed E-state index contributed by atoms with van der Waals surface area (Å²) in [7, 11) is 1.39. The summed E-state index contributed by atoms with van der Waals surface area (Å²) >= 11 is 0. The standard InChI is InChI=1S/C17H13F6N3O/c1-10-3-8-13-24-15(16(18,19)20,17(21,22)23)25-14(26(13)9-10)11-4-6-12(27-2)7-5-11/h3-9H,1-2H3. The number of rotatable bonds is 2. The number of nitrogens with zero attached hydrogens (tertiary/aromatic N) is 3. The molecule has 3 rings (SSSR count). The molecule has 0 atom stereocenters. The smallest absolute Gasteiger partial charge is 0.443 e. The number of aliphatic imine (C=N–C) groups is 2. The lowest BCUT2D eigenvalue weighted by molar-refractivity contribution is -0.292. The number of hydrogen-bond donors (Lipinski definition) is 0. The van der Waals surface area contributed by atoms with Gasteiger partial charge in [-0.1, -0.05) is 6.08 Å². The largest absolute Gasteiger partial charge is 0.497 e. The molecule has 1 aromatic rings. The van der Waals surface area contributed by atoms with E-state index in [0.29, 0.717) is 11.3 Å². The average Bonchev–Trinajstić information content (AvgIpc) is 2.59. The first-order chi connectivity index (χ1) is 12.5. The Morgan fingerprint density at radius 2 is 1.52 bits per heavy atom. The van der Waals surface area contributed by atoms with E-state index in [1.165, 1.54) is 43.7 Å². The van der Waals surface area contributed by atoms with E-state index in [1.54, 1.807) is 6.92 Å². The molecule has 27 heavy (non-hydrogen) atoms. The highest BCUT2D eigenvalue weighted by molar-refractivity contribution is 6.15.